The van der Waals surface area contributed by atoms with Crippen LogP contribution in [0.2, 0.25) is 0 Å². The number of aryl methyl sites for hydroxylation is 1. The average molecular weight is 902 g/mol. The SMILES string of the molecule is CC(C)(CC(=O)NC1CCc2c(ccc3ccccc23)N(Cc2ccc(-c3ccccc3-c3nnnn3C(c3ccccc3)(c3ccccc3)c3ccccc3)cc2)C1=O)NC(=O)OC(C)(C)C. The van der Waals surface area contributed by atoms with Crippen LogP contribution in [0.3, 0.4) is 0 Å². The number of hydrogen-bond donors (Lipinski definition) is 2. The highest BCUT2D eigenvalue weighted by Crippen LogP contribution is 2.44. The molecule has 1 atom stereocenters. The molecule has 0 saturated carbocycles. The van der Waals surface area contributed by atoms with E-state index in [2.05, 4.69) is 101 Å². The first-order valence-electron chi connectivity index (χ1n) is 23.1. The average Bonchev–Trinajstić information content (AvgIpc) is 3.78. The van der Waals surface area contributed by atoms with Crippen molar-refractivity contribution in [2.24, 2.45) is 0 Å². The van der Waals surface area contributed by atoms with Crippen LogP contribution in [0.5, 0.6) is 0 Å². The molecule has 0 bridgehead atoms. The Morgan fingerprint density at radius 3 is 1.87 bits per heavy atom. The van der Waals surface area contributed by atoms with Gasteiger partial charge < -0.3 is 20.3 Å². The number of benzene rings is 7. The zero-order valence-corrected chi connectivity index (χ0v) is 39.0. The van der Waals surface area contributed by atoms with Crippen molar-refractivity contribution >= 4 is 34.4 Å². The fourth-order valence-electron chi connectivity index (χ4n) is 9.51. The Bertz CT molecular complexity index is 2980. The maximum Gasteiger partial charge on any atom is 0.408 e. The summed E-state index contributed by atoms with van der Waals surface area (Å²) in [6.07, 6.45) is 0.337. The molecule has 0 saturated heterocycles. The molecule has 8 aromatic rings. The highest BCUT2D eigenvalue weighted by Gasteiger charge is 2.42. The van der Waals surface area contributed by atoms with Crippen LogP contribution in [0, 0.1) is 0 Å². The van der Waals surface area contributed by atoms with Gasteiger partial charge in [-0.2, -0.15) is 0 Å². The lowest BCUT2D eigenvalue weighted by Crippen LogP contribution is -2.52. The van der Waals surface area contributed by atoms with E-state index in [1.165, 1.54) is 0 Å². The van der Waals surface area contributed by atoms with Crippen molar-refractivity contribution in [2.45, 2.75) is 83.1 Å². The lowest BCUT2D eigenvalue weighted by Gasteiger charge is -2.36. The number of amides is 3. The first-order valence-corrected chi connectivity index (χ1v) is 23.1. The van der Waals surface area contributed by atoms with E-state index in [9.17, 15) is 14.4 Å². The van der Waals surface area contributed by atoms with Crippen LogP contribution >= 0.6 is 0 Å². The van der Waals surface area contributed by atoms with Gasteiger partial charge in [-0.25, -0.2) is 9.48 Å². The summed E-state index contributed by atoms with van der Waals surface area (Å²) in [6, 6.07) is 58.9. The summed E-state index contributed by atoms with van der Waals surface area (Å²) in [7, 11) is 0. The Morgan fingerprint density at radius 1 is 0.676 bits per heavy atom. The zero-order chi connectivity index (χ0) is 47.5. The molecule has 68 heavy (non-hydrogen) atoms. The summed E-state index contributed by atoms with van der Waals surface area (Å²) in [6.45, 7) is 9.15. The number of nitrogens with zero attached hydrogens (tertiary/aromatic N) is 5. The van der Waals surface area contributed by atoms with Crippen LogP contribution < -0.4 is 15.5 Å². The molecule has 0 aliphatic carbocycles. The molecule has 0 fully saturated rings. The molecule has 342 valence electrons. The second-order valence-electron chi connectivity index (χ2n) is 19.0. The first-order chi connectivity index (χ1) is 32.8. The fourth-order valence-corrected chi connectivity index (χ4v) is 9.51. The third-order valence-corrected chi connectivity index (χ3v) is 12.5. The van der Waals surface area contributed by atoms with Crippen molar-refractivity contribution in [1.29, 1.82) is 0 Å². The van der Waals surface area contributed by atoms with Crippen molar-refractivity contribution in [2.75, 3.05) is 4.90 Å². The van der Waals surface area contributed by atoms with Gasteiger partial charge in [-0.1, -0.05) is 170 Å². The highest BCUT2D eigenvalue weighted by atomic mass is 16.6. The van der Waals surface area contributed by atoms with E-state index in [0.29, 0.717) is 18.7 Å². The van der Waals surface area contributed by atoms with Gasteiger partial charge in [-0.05, 0) is 114 Å². The topological polar surface area (TPSA) is 131 Å². The Morgan fingerprint density at radius 2 is 1.25 bits per heavy atom. The van der Waals surface area contributed by atoms with E-state index in [4.69, 9.17) is 15.0 Å². The van der Waals surface area contributed by atoms with Crippen molar-refractivity contribution in [3.8, 4) is 22.5 Å². The smallest absolute Gasteiger partial charge is 0.408 e. The molecule has 3 amide bonds. The van der Waals surface area contributed by atoms with Gasteiger partial charge in [0, 0.05) is 23.2 Å². The second kappa shape index (κ2) is 18.8. The Labute approximate surface area is 397 Å². The summed E-state index contributed by atoms with van der Waals surface area (Å²) < 4.78 is 7.39. The molecule has 1 aromatic heterocycles. The lowest BCUT2D eigenvalue weighted by atomic mass is 9.77. The van der Waals surface area contributed by atoms with E-state index >= 15 is 0 Å². The fraction of sp³-hybridized carbons (Fsp3) is 0.228. The minimum Gasteiger partial charge on any atom is -0.444 e. The van der Waals surface area contributed by atoms with Crippen LogP contribution in [0.25, 0.3) is 33.3 Å². The molecular weight excluding hydrogens is 847 g/mol. The zero-order valence-electron chi connectivity index (χ0n) is 39.0. The number of alkyl carbamates (subject to hydrolysis) is 1. The second-order valence-corrected chi connectivity index (χ2v) is 19.0. The largest absolute Gasteiger partial charge is 0.444 e. The molecule has 9 rings (SSSR count). The van der Waals surface area contributed by atoms with E-state index < -0.39 is 28.8 Å². The minimum atomic E-state index is -0.930. The van der Waals surface area contributed by atoms with Crippen molar-refractivity contribution < 1.29 is 19.1 Å². The Kier molecular flexibility index (Phi) is 12.5. The maximum absolute atomic E-state index is 14.8. The quantitative estimate of drug-likeness (QED) is 0.117. The van der Waals surface area contributed by atoms with E-state index in [-0.39, 0.29) is 24.8 Å². The van der Waals surface area contributed by atoms with Gasteiger partial charge in [0.15, 0.2) is 5.82 Å². The van der Waals surface area contributed by atoms with Crippen molar-refractivity contribution in [3.05, 3.63) is 204 Å². The van der Waals surface area contributed by atoms with Gasteiger partial charge in [-0.15, -0.1) is 5.10 Å². The van der Waals surface area contributed by atoms with Gasteiger partial charge in [-0.3, -0.25) is 9.59 Å². The van der Waals surface area contributed by atoms with Gasteiger partial charge >= 0.3 is 6.09 Å². The van der Waals surface area contributed by atoms with Crippen LogP contribution in [0.15, 0.2) is 176 Å². The van der Waals surface area contributed by atoms with Gasteiger partial charge in [0.05, 0.1) is 6.54 Å². The number of ether oxygens (including phenoxy) is 1. The number of nitrogens with one attached hydrogen (secondary N) is 2. The first kappa shape index (κ1) is 45.2. The van der Waals surface area contributed by atoms with Gasteiger partial charge in [0.1, 0.15) is 17.2 Å². The van der Waals surface area contributed by atoms with Gasteiger partial charge in [0.2, 0.25) is 11.8 Å². The number of carbonyl (C=O) groups excluding carboxylic acids is 3. The predicted octanol–water partition coefficient (Wildman–Crippen LogP) is 10.7. The molecule has 0 spiro atoms. The number of carbonyl (C=O) groups is 3. The monoisotopic (exact) mass is 901 g/mol. The number of fused-ring (bicyclic) bond motifs is 3. The summed E-state index contributed by atoms with van der Waals surface area (Å²) in [5, 5.41) is 21.9. The van der Waals surface area contributed by atoms with Crippen molar-refractivity contribution in [3.63, 3.8) is 0 Å². The van der Waals surface area contributed by atoms with E-state index in [0.717, 1.165) is 61.0 Å². The molecule has 0 radical (unpaired) electrons. The molecule has 1 aliphatic rings. The van der Waals surface area contributed by atoms with Crippen molar-refractivity contribution in [1.82, 2.24) is 30.8 Å². The molecule has 2 N–H and O–H groups in total. The molecule has 11 heteroatoms. The number of hydrogen-bond acceptors (Lipinski definition) is 7. The lowest BCUT2D eigenvalue weighted by molar-refractivity contribution is -0.128. The standard InChI is InChI=1S/C57H55N7O4/c1-55(2,3)68-54(67)59-56(4,5)37-51(65)58-49-35-34-47-45-26-16-15-19-40(45)33-36-50(47)63(53(49)66)38-39-29-31-41(32-30-39)46-27-17-18-28-48(46)52-60-61-62-64(52)57(42-20-9-6-10-21-42,43-22-11-7-12-23-43)44-24-13-8-14-25-44/h6-33,36,49H,34-35,37-38H2,1-5H3,(H,58,65)(H,59,67). The maximum atomic E-state index is 14.8. The van der Waals surface area contributed by atoms with E-state index in [1.54, 1.807) is 39.5 Å². The summed E-state index contributed by atoms with van der Waals surface area (Å²) in [5.41, 5.74) is 5.99. The predicted molar refractivity (Wildman–Crippen MR) is 267 cm³/mol. The summed E-state index contributed by atoms with van der Waals surface area (Å²) in [5.74, 6) is 0.0466. The van der Waals surface area contributed by atoms with E-state index in [1.807, 2.05) is 95.7 Å². The third kappa shape index (κ3) is 9.24. The minimum absolute atomic E-state index is 0.0487. The number of tetrazole rings is 1. The molecule has 7 aromatic carbocycles. The highest BCUT2D eigenvalue weighted by molar-refractivity contribution is 6.03. The third-order valence-electron chi connectivity index (χ3n) is 12.5. The number of aromatic nitrogens is 4. The molecule has 11 nitrogen and oxygen atoms in total. The Hall–Kier alpha value is -7.92. The Balaban J connectivity index is 1.04. The van der Waals surface area contributed by atoms with Gasteiger partial charge in [0.25, 0.3) is 0 Å². The normalized spacial score (nSPS) is 14.2. The number of rotatable bonds is 12. The molecule has 1 aliphatic heterocycles. The molecule has 2 heterocycles. The molecule has 1 unspecified atom stereocenters. The van der Waals surface area contributed by atoms with Crippen LogP contribution in [0.4, 0.5) is 10.5 Å². The van der Waals surface area contributed by atoms with Crippen LogP contribution in [-0.2, 0) is 32.8 Å². The summed E-state index contributed by atoms with van der Waals surface area (Å²) in [4.78, 5) is 42.9. The number of anilines is 1. The molecular formula is C57H55N7O4. The summed E-state index contributed by atoms with van der Waals surface area (Å²) >= 11 is 0. The van der Waals surface area contributed by atoms with Crippen LogP contribution in [-0.4, -0.2) is 55.3 Å². The van der Waals surface area contributed by atoms with Crippen LogP contribution in [0.1, 0.15) is 75.3 Å².